The second-order valence-corrected chi connectivity index (χ2v) is 3.29. The topological polar surface area (TPSA) is 77.4 Å². The van der Waals surface area contributed by atoms with E-state index in [1.807, 2.05) is 0 Å². The summed E-state index contributed by atoms with van der Waals surface area (Å²) in [6, 6.07) is 0. The third-order valence-electron chi connectivity index (χ3n) is 0.575. The van der Waals surface area contributed by atoms with Gasteiger partial charge in [0.2, 0.25) is 0 Å². The SMILES string of the molecule is O=S(=O)([O-])CC(O)CCl.[K+]. The molecule has 0 rings (SSSR count). The molecule has 0 aliphatic carbocycles. The van der Waals surface area contributed by atoms with Crippen molar-refractivity contribution < 1.29 is 69.5 Å². The molecule has 7 heteroatoms. The van der Waals surface area contributed by atoms with Crippen molar-refractivity contribution in [2.45, 2.75) is 6.10 Å². The van der Waals surface area contributed by atoms with Crippen molar-refractivity contribution in [3.8, 4) is 0 Å². The van der Waals surface area contributed by atoms with Gasteiger partial charge in [0.1, 0.15) is 0 Å². The van der Waals surface area contributed by atoms with Gasteiger partial charge in [0.15, 0.2) is 0 Å². The van der Waals surface area contributed by atoms with E-state index >= 15 is 0 Å². The minimum atomic E-state index is -4.32. The molecule has 0 bridgehead atoms. The number of alkyl halides is 1. The Morgan fingerprint density at radius 1 is 1.60 bits per heavy atom. The van der Waals surface area contributed by atoms with Crippen LogP contribution in [0.15, 0.2) is 0 Å². The standard InChI is InChI=1S/C3H7ClO4S.K/c4-1-3(5)2-9(6,7)8;/h3,5H,1-2H2,(H,6,7,8);/q;+1/p-1. The van der Waals surface area contributed by atoms with Gasteiger partial charge in [0, 0.05) is 5.88 Å². The summed E-state index contributed by atoms with van der Waals surface area (Å²) in [6.45, 7) is 0. The zero-order valence-electron chi connectivity index (χ0n) is 5.45. The van der Waals surface area contributed by atoms with Gasteiger partial charge in [-0.2, -0.15) is 0 Å². The molecule has 0 saturated carbocycles. The summed E-state index contributed by atoms with van der Waals surface area (Å²) in [4.78, 5) is 0. The molecular formula is C3H6ClKO4S. The Balaban J connectivity index is 0. The van der Waals surface area contributed by atoms with E-state index in [0.717, 1.165) is 0 Å². The molecule has 0 amide bonds. The molecule has 0 aromatic rings. The number of halogens is 1. The van der Waals surface area contributed by atoms with Crippen LogP contribution in [0.3, 0.4) is 0 Å². The van der Waals surface area contributed by atoms with Gasteiger partial charge in [0.05, 0.1) is 22.0 Å². The second-order valence-electron chi connectivity index (χ2n) is 1.53. The molecule has 0 aliphatic rings. The Bertz CT molecular complexity index is 167. The molecule has 1 unspecified atom stereocenters. The fourth-order valence-electron chi connectivity index (χ4n) is 0.280. The first kappa shape index (κ1) is 14.3. The van der Waals surface area contributed by atoms with E-state index in [4.69, 9.17) is 16.7 Å². The van der Waals surface area contributed by atoms with Gasteiger partial charge in [0.25, 0.3) is 0 Å². The smallest absolute Gasteiger partial charge is 0.748 e. The maximum absolute atomic E-state index is 9.83. The zero-order valence-corrected chi connectivity index (χ0v) is 10.1. The van der Waals surface area contributed by atoms with Crippen molar-refractivity contribution in [3.05, 3.63) is 0 Å². The van der Waals surface area contributed by atoms with E-state index in [1.54, 1.807) is 0 Å². The third-order valence-corrected chi connectivity index (χ3v) is 1.72. The molecule has 1 N–H and O–H groups in total. The molecule has 0 fully saturated rings. The van der Waals surface area contributed by atoms with Gasteiger partial charge in [-0.05, 0) is 0 Å². The average molecular weight is 213 g/mol. The fraction of sp³-hybridized carbons (Fsp3) is 1.00. The third kappa shape index (κ3) is 9.80. The second kappa shape index (κ2) is 6.33. The van der Waals surface area contributed by atoms with Crippen LogP contribution in [0.4, 0.5) is 0 Å². The quantitative estimate of drug-likeness (QED) is 0.295. The van der Waals surface area contributed by atoms with E-state index in [-0.39, 0.29) is 57.3 Å². The number of hydrogen-bond donors (Lipinski definition) is 1. The molecular weight excluding hydrogens is 207 g/mol. The van der Waals surface area contributed by atoms with E-state index in [2.05, 4.69) is 0 Å². The van der Waals surface area contributed by atoms with Crippen LogP contribution in [0.5, 0.6) is 0 Å². The first-order valence-electron chi connectivity index (χ1n) is 2.13. The summed E-state index contributed by atoms with van der Waals surface area (Å²) in [6.07, 6.45) is -1.24. The first-order valence-corrected chi connectivity index (χ1v) is 4.24. The Morgan fingerprint density at radius 2 is 2.00 bits per heavy atom. The molecule has 56 valence electrons. The van der Waals surface area contributed by atoms with Crippen molar-refractivity contribution in [1.29, 1.82) is 0 Å². The predicted molar refractivity (Wildman–Crippen MR) is 31.3 cm³/mol. The molecule has 1 atom stereocenters. The van der Waals surface area contributed by atoms with Gasteiger partial charge in [-0.3, -0.25) is 0 Å². The first-order chi connectivity index (χ1) is 3.95. The van der Waals surface area contributed by atoms with Gasteiger partial charge >= 0.3 is 51.4 Å². The molecule has 0 saturated heterocycles. The summed E-state index contributed by atoms with van der Waals surface area (Å²) >= 11 is 5.00. The van der Waals surface area contributed by atoms with Gasteiger partial charge in [-0.25, -0.2) is 8.42 Å². The molecule has 0 aromatic carbocycles. The zero-order chi connectivity index (χ0) is 7.49. The van der Waals surface area contributed by atoms with Crippen LogP contribution in [-0.4, -0.2) is 35.8 Å². The number of aliphatic hydroxyl groups is 1. The fourth-order valence-corrected chi connectivity index (χ4v) is 1.11. The molecule has 0 heterocycles. The van der Waals surface area contributed by atoms with E-state index in [1.165, 1.54) is 0 Å². The summed E-state index contributed by atoms with van der Waals surface area (Å²) in [7, 11) is -4.32. The van der Waals surface area contributed by atoms with Crippen molar-refractivity contribution in [3.63, 3.8) is 0 Å². The molecule has 10 heavy (non-hydrogen) atoms. The van der Waals surface area contributed by atoms with Crippen molar-refractivity contribution in [1.82, 2.24) is 0 Å². The Kier molecular flexibility index (Phi) is 9.07. The number of rotatable bonds is 3. The van der Waals surface area contributed by atoms with Crippen LogP contribution >= 0.6 is 11.6 Å². The van der Waals surface area contributed by atoms with E-state index in [9.17, 15) is 13.0 Å². The number of hydrogen-bond acceptors (Lipinski definition) is 4. The summed E-state index contributed by atoms with van der Waals surface area (Å²) in [5.74, 6) is -1.04. The predicted octanol–water partition coefficient (Wildman–Crippen LogP) is -3.86. The number of aliphatic hydroxyl groups excluding tert-OH is 1. The van der Waals surface area contributed by atoms with Gasteiger partial charge in [-0.15, -0.1) is 11.6 Å². The molecule has 4 nitrogen and oxygen atoms in total. The van der Waals surface area contributed by atoms with Crippen LogP contribution in [0.1, 0.15) is 0 Å². The van der Waals surface area contributed by atoms with Crippen LogP contribution in [0.25, 0.3) is 0 Å². The van der Waals surface area contributed by atoms with Crippen molar-refractivity contribution in [2.24, 2.45) is 0 Å². The summed E-state index contributed by atoms with van der Waals surface area (Å²) in [5, 5.41) is 8.48. The van der Waals surface area contributed by atoms with Crippen molar-refractivity contribution >= 4 is 21.7 Å². The Morgan fingerprint density at radius 3 is 2.10 bits per heavy atom. The van der Waals surface area contributed by atoms with Gasteiger partial charge in [-0.1, -0.05) is 0 Å². The van der Waals surface area contributed by atoms with Crippen LogP contribution < -0.4 is 51.4 Å². The molecule has 0 spiro atoms. The summed E-state index contributed by atoms with van der Waals surface area (Å²) in [5.41, 5.74) is 0. The van der Waals surface area contributed by atoms with Crippen LogP contribution in [0.2, 0.25) is 0 Å². The van der Waals surface area contributed by atoms with Crippen LogP contribution in [-0.2, 0) is 10.1 Å². The van der Waals surface area contributed by atoms with E-state index < -0.39 is 22.0 Å². The molecule has 0 aromatic heterocycles. The normalized spacial score (nSPS) is 13.9. The monoisotopic (exact) mass is 212 g/mol. The largest absolute Gasteiger partial charge is 1.00 e. The molecule has 0 radical (unpaired) electrons. The maximum atomic E-state index is 9.83. The summed E-state index contributed by atoms with van der Waals surface area (Å²) < 4.78 is 29.5. The van der Waals surface area contributed by atoms with Crippen molar-refractivity contribution in [2.75, 3.05) is 11.6 Å². The Hall–Kier alpha value is 1.80. The van der Waals surface area contributed by atoms with Gasteiger partial charge < -0.3 is 9.66 Å². The van der Waals surface area contributed by atoms with E-state index in [0.29, 0.717) is 0 Å². The van der Waals surface area contributed by atoms with Crippen LogP contribution in [0, 0.1) is 0 Å². The molecule has 0 aliphatic heterocycles. The minimum absolute atomic E-state index is 0. The minimum Gasteiger partial charge on any atom is -0.748 e. The maximum Gasteiger partial charge on any atom is 1.00 e. The average Bonchev–Trinajstić information content (AvgIpc) is 1.62. The Labute approximate surface area is 107 Å².